The number of fused-ring (bicyclic) bond motifs is 1. The van der Waals surface area contributed by atoms with Crippen molar-refractivity contribution in [2.45, 2.75) is 26.8 Å². The number of amides is 1. The van der Waals surface area contributed by atoms with Gasteiger partial charge in [-0.15, -0.1) is 0 Å². The van der Waals surface area contributed by atoms with Gasteiger partial charge in [0.15, 0.2) is 0 Å². The van der Waals surface area contributed by atoms with Crippen LogP contribution in [0.1, 0.15) is 32.6 Å². The Balaban J connectivity index is 1.78. The Hall–Kier alpha value is -1.88. The van der Waals surface area contributed by atoms with Gasteiger partial charge in [0.2, 0.25) is 5.91 Å². The van der Waals surface area contributed by atoms with Crippen molar-refractivity contribution in [2.24, 2.45) is 17.8 Å². The molecule has 2 aromatic rings. The molecule has 0 saturated carbocycles. The molecule has 1 aliphatic rings. The maximum Gasteiger partial charge on any atom is 0.223 e. The molecule has 1 aliphatic heterocycles. The molecule has 1 amide bonds. The van der Waals surface area contributed by atoms with Crippen molar-refractivity contribution >= 4 is 16.9 Å². The Morgan fingerprint density at radius 1 is 1.27 bits per heavy atom. The molecule has 0 radical (unpaired) electrons. The fourth-order valence-electron chi connectivity index (χ4n) is 2.83. The van der Waals surface area contributed by atoms with Crippen molar-refractivity contribution in [3.05, 3.63) is 30.1 Å². The number of benzene rings is 1. The van der Waals surface area contributed by atoms with E-state index in [4.69, 9.17) is 0 Å². The molecule has 1 saturated heterocycles. The maximum absolute atomic E-state index is 12.5. The van der Waals surface area contributed by atoms with Crippen LogP contribution in [-0.2, 0) is 4.79 Å². The number of para-hydroxylation sites is 2. The smallest absolute Gasteiger partial charge is 0.223 e. The van der Waals surface area contributed by atoms with E-state index in [0.29, 0.717) is 5.92 Å². The SMILES string of the molecule is CC(C)C(NC(=O)C(C)C1CNC1)c1nc2ccccc2[nH]1. The summed E-state index contributed by atoms with van der Waals surface area (Å²) >= 11 is 0. The van der Waals surface area contributed by atoms with E-state index in [1.54, 1.807) is 0 Å². The van der Waals surface area contributed by atoms with Gasteiger partial charge in [-0.2, -0.15) is 0 Å². The molecule has 22 heavy (non-hydrogen) atoms. The lowest BCUT2D eigenvalue weighted by Gasteiger charge is -2.33. The lowest BCUT2D eigenvalue weighted by Crippen LogP contribution is -2.50. The summed E-state index contributed by atoms with van der Waals surface area (Å²) in [7, 11) is 0. The number of carbonyl (C=O) groups excluding carboxylic acids is 1. The normalized spacial score (nSPS) is 18.2. The third kappa shape index (κ3) is 2.86. The molecular formula is C17H24N4O. The Labute approximate surface area is 130 Å². The van der Waals surface area contributed by atoms with E-state index in [2.05, 4.69) is 34.4 Å². The Morgan fingerprint density at radius 2 is 2.00 bits per heavy atom. The van der Waals surface area contributed by atoms with Crippen molar-refractivity contribution in [2.75, 3.05) is 13.1 Å². The van der Waals surface area contributed by atoms with Crippen molar-refractivity contribution < 1.29 is 4.79 Å². The number of carbonyl (C=O) groups is 1. The molecule has 0 aliphatic carbocycles. The Bertz CT molecular complexity index is 626. The van der Waals surface area contributed by atoms with E-state index in [1.165, 1.54) is 0 Å². The summed E-state index contributed by atoms with van der Waals surface area (Å²) in [6.45, 7) is 8.09. The van der Waals surface area contributed by atoms with E-state index in [-0.39, 0.29) is 23.8 Å². The number of rotatable bonds is 5. The molecule has 118 valence electrons. The Morgan fingerprint density at radius 3 is 2.59 bits per heavy atom. The van der Waals surface area contributed by atoms with Gasteiger partial charge in [0.05, 0.1) is 17.1 Å². The molecule has 2 unspecified atom stereocenters. The number of hydrogen-bond acceptors (Lipinski definition) is 3. The van der Waals surface area contributed by atoms with E-state index >= 15 is 0 Å². The summed E-state index contributed by atoms with van der Waals surface area (Å²) < 4.78 is 0. The largest absolute Gasteiger partial charge is 0.346 e. The lowest BCUT2D eigenvalue weighted by atomic mass is 9.88. The first kappa shape index (κ1) is 15.0. The average molecular weight is 300 g/mol. The number of hydrogen-bond donors (Lipinski definition) is 3. The van der Waals surface area contributed by atoms with E-state index in [9.17, 15) is 4.79 Å². The topological polar surface area (TPSA) is 69.8 Å². The number of aromatic nitrogens is 2. The van der Waals surface area contributed by atoms with Crippen LogP contribution in [0.2, 0.25) is 0 Å². The van der Waals surface area contributed by atoms with Crippen LogP contribution in [0.15, 0.2) is 24.3 Å². The molecule has 3 rings (SSSR count). The minimum absolute atomic E-state index is 0.0341. The predicted octanol–water partition coefficient (Wildman–Crippen LogP) is 2.23. The third-order valence-electron chi connectivity index (χ3n) is 4.60. The molecule has 0 spiro atoms. The molecule has 5 nitrogen and oxygen atoms in total. The van der Waals surface area contributed by atoms with Gasteiger partial charge in [0.25, 0.3) is 0 Å². The van der Waals surface area contributed by atoms with Crippen LogP contribution in [0.4, 0.5) is 0 Å². The van der Waals surface area contributed by atoms with E-state index in [0.717, 1.165) is 29.9 Å². The van der Waals surface area contributed by atoms with E-state index in [1.807, 2.05) is 31.2 Å². The average Bonchev–Trinajstić information content (AvgIpc) is 2.85. The fourth-order valence-corrected chi connectivity index (χ4v) is 2.83. The molecule has 2 heterocycles. The van der Waals surface area contributed by atoms with Crippen molar-refractivity contribution in [1.29, 1.82) is 0 Å². The van der Waals surface area contributed by atoms with Crippen LogP contribution in [0.25, 0.3) is 11.0 Å². The molecule has 2 atom stereocenters. The summed E-state index contributed by atoms with van der Waals surface area (Å²) in [4.78, 5) is 20.5. The highest BCUT2D eigenvalue weighted by molar-refractivity contribution is 5.79. The first-order valence-corrected chi connectivity index (χ1v) is 8.02. The molecule has 1 aromatic heterocycles. The van der Waals surface area contributed by atoms with Gasteiger partial charge >= 0.3 is 0 Å². The summed E-state index contributed by atoms with van der Waals surface area (Å²) in [6, 6.07) is 7.86. The molecule has 5 heteroatoms. The monoisotopic (exact) mass is 300 g/mol. The molecule has 1 aromatic carbocycles. The van der Waals surface area contributed by atoms with Crippen molar-refractivity contribution in [1.82, 2.24) is 20.6 Å². The van der Waals surface area contributed by atoms with Gasteiger partial charge < -0.3 is 15.6 Å². The molecule has 0 bridgehead atoms. The number of nitrogens with zero attached hydrogens (tertiary/aromatic N) is 1. The molecule has 1 fully saturated rings. The third-order valence-corrected chi connectivity index (χ3v) is 4.60. The minimum Gasteiger partial charge on any atom is -0.346 e. The summed E-state index contributed by atoms with van der Waals surface area (Å²) in [5.41, 5.74) is 1.95. The highest BCUT2D eigenvalue weighted by Gasteiger charge is 2.31. The summed E-state index contributed by atoms with van der Waals surface area (Å²) in [5, 5.41) is 6.41. The second-order valence-corrected chi connectivity index (χ2v) is 6.58. The first-order valence-electron chi connectivity index (χ1n) is 8.02. The molecule has 3 N–H and O–H groups in total. The highest BCUT2D eigenvalue weighted by Crippen LogP contribution is 2.24. The fraction of sp³-hybridized carbons (Fsp3) is 0.529. The lowest BCUT2D eigenvalue weighted by molar-refractivity contribution is -0.127. The summed E-state index contributed by atoms with van der Waals surface area (Å²) in [6.07, 6.45) is 0. The molecular weight excluding hydrogens is 276 g/mol. The van der Waals surface area contributed by atoms with Crippen LogP contribution in [-0.4, -0.2) is 29.0 Å². The second-order valence-electron chi connectivity index (χ2n) is 6.58. The summed E-state index contributed by atoms with van der Waals surface area (Å²) in [5.74, 6) is 1.71. The van der Waals surface area contributed by atoms with Crippen LogP contribution in [0.3, 0.4) is 0 Å². The van der Waals surface area contributed by atoms with Gasteiger partial charge in [-0.25, -0.2) is 4.98 Å². The Kier molecular flexibility index (Phi) is 4.16. The maximum atomic E-state index is 12.5. The number of imidazole rings is 1. The zero-order chi connectivity index (χ0) is 15.7. The van der Waals surface area contributed by atoms with Gasteiger partial charge in [-0.1, -0.05) is 32.9 Å². The van der Waals surface area contributed by atoms with Gasteiger partial charge in [0, 0.05) is 5.92 Å². The second kappa shape index (κ2) is 6.08. The van der Waals surface area contributed by atoms with Gasteiger partial charge in [-0.3, -0.25) is 4.79 Å². The first-order chi connectivity index (χ1) is 10.6. The zero-order valence-electron chi connectivity index (χ0n) is 13.4. The number of H-pyrrole nitrogens is 1. The van der Waals surface area contributed by atoms with Crippen molar-refractivity contribution in [3.63, 3.8) is 0 Å². The minimum atomic E-state index is -0.0876. The van der Waals surface area contributed by atoms with Crippen LogP contribution in [0, 0.1) is 17.8 Å². The number of nitrogens with one attached hydrogen (secondary N) is 3. The zero-order valence-corrected chi connectivity index (χ0v) is 13.4. The van der Waals surface area contributed by atoms with Crippen LogP contribution < -0.4 is 10.6 Å². The standard InChI is InChI=1S/C17H24N4O/c1-10(2)15(21-17(22)11(3)12-8-18-9-12)16-19-13-6-4-5-7-14(13)20-16/h4-7,10-12,15,18H,8-9H2,1-3H3,(H,19,20)(H,21,22). The predicted molar refractivity (Wildman–Crippen MR) is 87.3 cm³/mol. The van der Waals surface area contributed by atoms with Gasteiger partial charge in [-0.05, 0) is 37.1 Å². The van der Waals surface area contributed by atoms with E-state index < -0.39 is 0 Å². The highest BCUT2D eigenvalue weighted by atomic mass is 16.2. The van der Waals surface area contributed by atoms with Crippen LogP contribution in [0.5, 0.6) is 0 Å². The van der Waals surface area contributed by atoms with Gasteiger partial charge in [0.1, 0.15) is 5.82 Å². The number of aromatic amines is 1. The quantitative estimate of drug-likeness (QED) is 0.793. The van der Waals surface area contributed by atoms with Crippen LogP contribution >= 0.6 is 0 Å². The van der Waals surface area contributed by atoms with Crippen molar-refractivity contribution in [3.8, 4) is 0 Å².